The number of furan rings is 1. The lowest BCUT2D eigenvalue weighted by Crippen LogP contribution is -2.17. The Bertz CT molecular complexity index is 1160. The second-order valence-corrected chi connectivity index (χ2v) is 5.94. The molecule has 138 valence electrons. The fourth-order valence-electron chi connectivity index (χ4n) is 2.81. The van der Waals surface area contributed by atoms with Gasteiger partial charge in [-0.3, -0.25) is 4.79 Å². The van der Waals surface area contributed by atoms with E-state index < -0.39 is 17.8 Å². The van der Waals surface area contributed by atoms with Crippen LogP contribution in [0.25, 0.3) is 17.1 Å². The van der Waals surface area contributed by atoms with Gasteiger partial charge in [0.2, 0.25) is 0 Å². The maximum Gasteiger partial charge on any atom is 0.433 e. The molecule has 0 amide bonds. The molecule has 0 atom stereocenters. The van der Waals surface area contributed by atoms with Crippen LogP contribution in [0.5, 0.6) is 0 Å². The Kier molecular flexibility index (Phi) is 3.65. The first kappa shape index (κ1) is 17.0. The van der Waals surface area contributed by atoms with Crippen LogP contribution >= 0.6 is 0 Å². The van der Waals surface area contributed by atoms with Crippen molar-refractivity contribution in [3.63, 3.8) is 0 Å². The summed E-state index contributed by atoms with van der Waals surface area (Å²) in [7, 11) is 0. The summed E-state index contributed by atoms with van der Waals surface area (Å²) in [6.45, 7) is 3.38. The molecule has 0 saturated carbocycles. The quantitative estimate of drug-likeness (QED) is 0.536. The number of hydrogen-bond acceptors (Lipinski definition) is 5. The van der Waals surface area contributed by atoms with E-state index >= 15 is 0 Å². The van der Waals surface area contributed by atoms with Crippen molar-refractivity contribution in [3.05, 3.63) is 59.4 Å². The molecule has 0 spiro atoms. The Morgan fingerprint density at radius 3 is 2.59 bits per heavy atom. The average molecular weight is 375 g/mol. The molecule has 0 aliphatic heterocycles. The average Bonchev–Trinajstić information content (AvgIpc) is 3.31. The SMILES string of the molecule is Cc1cc(C)n(C(=O)c2cnn3c(C(F)(F)F)cc(-c4ccco4)nc23)n1. The maximum absolute atomic E-state index is 13.5. The van der Waals surface area contributed by atoms with Crippen molar-refractivity contribution in [3.8, 4) is 11.5 Å². The van der Waals surface area contributed by atoms with Gasteiger partial charge in [-0.2, -0.15) is 23.4 Å². The topological polar surface area (TPSA) is 78.2 Å². The Labute approximate surface area is 150 Å². The molecule has 0 aliphatic rings. The first-order chi connectivity index (χ1) is 12.8. The van der Waals surface area contributed by atoms with Crippen molar-refractivity contribution in [1.82, 2.24) is 24.4 Å². The van der Waals surface area contributed by atoms with Crippen molar-refractivity contribution in [2.24, 2.45) is 0 Å². The van der Waals surface area contributed by atoms with E-state index in [9.17, 15) is 18.0 Å². The largest absolute Gasteiger partial charge is 0.463 e. The van der Waals surface area contributed by atoms with Crippen LogP contribution in [0.4, 0.5) is 13.2 Å². The van der Waals surface area contributed by atoms with Gasteiger partial charge in [0.1, 0.15) is 11.3 Å². The van der Waals surface area contributed by atoms with Crippen molar-refractivity contribution in [1.29, 1.82) is 0 Å². The van der Waals surface area contributed by atoms with Crippen LogP contribution in [-0.2, 0) is 6.18 Å². The van der Waals surface area contributed by atoms with Gasteiger partial charge in [-0.15, -0.1) is 0 Å². The first-order valence-corrected chi connectivity index (χ1v) is 7.83. The van der Waals surface area contributed by atoms with Crippen LogP contribution < -0.4 is 0 Å². The van der Waals surface area contributed by atoms with Crippen LogP contribution in [0.15, 0.2) is 41.1 Å². The molecule has 0 unspecified atom stereocenters. The molecule has 7 nitrogen and oxygen atoms in total. The monoisotopic (exact) mass is 375 g/mol. The molecular weight excluding hydrogens is 363 g/mol. The number of nitrogens with zero attached hydrogens (tertiary/aromatic N) is 5. The van der Waals surface area contributed by atoms with Crippen molar-refractivity contribution in [2.75, 3.05) is 0 Å². The molecule has 0 aliphatic carbocycles. The number of carbonyl (C=O) groups is 1. The van der Waals surface area contributed by atoms with Crippen LogP contribution in [0, 0.1) is 13.8 Å². The third-order valence-corrected chi connectivity index (χ3v) is 3.97. The summed E-state index contributed by atoms with van der Waals surface area (Å²) < 4.78 is 47.4. The summed E-state index contributed by atoms with van der Waals surface area (Å²) in [5, 5.41) is 7.81. The Balaban J connectivity index is 1.97. The van der Waals surface area contributed by atoms with Crippen molar-refractivity contribution in [2.45, 2.75) is 20.0 Å². The molecule has 10 heteroatoms. The molecule has 4 aromatic rings. The highest BCUT2D eigenvalue weighted by Gasteiger charge is 2.36. The third-order valence-electron chi connectivity index (χ3n) is 3.97. The van der Waals surface area contributed by atoms with E-state index in [1.54, 1.807) is 19.9 Å². The molecule has 0 saturated heterocycles. The number of aryl methyl sites for hydroxylation is 2. The van der Waals surface area contributed by atoms with E-state index in [1.165, 1.54) is 18.4 Å². The van der Waals surface area contributed by atoms with E-state index in [0.29, 0.717) is 15.9 Å². The zero-order valence-corrected chi connectivity index (χ0v) is 14.2. The van der Waals surface area contributed by atoms with E-state index in [4.69, 9.17) is 4.42 Å². The van der Waals surface area contributed by atoms with Gasteiger partial charge in [0.15, 0.2) is 17.1 Å². The Morgan fingerprint density at radius 1 is 1.22 bits per heavy atom. The molecule has 0 aromatic carbocycles. The molecule has 0 N–H and O–H groups in total. The fourth-order valence-corrected chi connectivity index (χ4v) is 2.81. The third kappa shape index (κ3) is 2.78. The summed E-state index contributed by atoms with van der Waals surface area (Å²) >= 11 is 0. The van der Waals surface area contributed by atoms with Gasteiger partial charge < -0.3 is 4.42 Å². The molecule has 27 heavy (non-hydrogen) atoms. The number of fused-ring (bicyclic) bond motifs is 1. The molecule has 4 rings (SSSR count). The fraction of sp³-hybridized carbons (Fsp3) is 0.176. The number of carbonyl (C=O) groups excluding carboxylic acids is 1. The lowest BCUT2D eigenvalue weighted by Gasteiger charge is -2.10. The highest BCUT2D eigenvalue weighted by atomic mass is 19.4. The molecule has 0 fully saturated rings. The lowest BCUT2D eigenvalue weighted by atomic mass is 10.2. The zero-order chi connectivity index (χ0) is 19.3. The second kappa shape index (κ2) is 5.79. The number of aromatic nitrogens is 5. The highest BCUT2D eigenvalue weighted by Crippen LogP contribution is 2.33. The van der Waals surface area contributed by atoms with Gasteiger partial charge >= 0.3 is 6.18 Å². The minimum absolute atomic E-state index is 0.0530. The van der Waals surface area contributed by atoms with Crippen molar-refractivity contribution >= 4 is 11.6 Å². The van der Waals surface area contributed by atoms with E-state index in [2.05, 4.69) is 15.2 Å². The number of rotatable bonds is 2. The molecule has 4 aromatic heterocycles. The van der Waals surface area contributed by atoms with E-state index in [-0.39, 0.29) is 22.7 Å². The number of halogens is 3. The number of hydrogen-bond donors (Lipinski definition) is 0. The Hall–Kier alpha value is -3.43. The van der Waals surface area contributed by atoms with E-state index in [1.807, 2.05) is 0 Å². The maximum atomic E-state index is 13.5. The van der Waals surface area contributed by atoms with Gasteiger partial charge in [-0.25, -0.2) is 14.2 Å². The van der Waals surface area contributed by atoms with Gasteiger partial charge in [0, 0.05) is 5.69 Å². The van der Waals surface area contributed by atoms with Crippen molar-refractivity contribution < 1.29 is 22.4 Å². The predicted molar refractivity (Wildman–Crippen MR) is 87.1 cm³/mol. The van der Waals surface area contributed by atoms with Crippen LogP contribution in [0.3, 0.4) is 0 Å². The summed E-state index contributed by atoms with van der Waals surface area (Å²) in [5.74, 6) is -0.471. The summed E-state index contributed by atoms with van der Waals surface area (Å²) in [6, 6.07) is 5.54. The van der Waals surface area contributed by atoms with Crippen LogP contribution in [-0.4, -0.2) is 30.3 Å². The summed E-state index contributed by atoms with van der Waals surface area (Å²) in [5.41, 5.74) is -0.282. The molecule has 0 bridgehead atoms. The minimum Gasteiger partial charge on any atom is -0.463 e. The normalized spacial score (nSPS) is 12.0. The van der Waals surface area contributed by atoms with Gasteiger partial charge in [-0.1, -0.05) is 0 Å². The Morgan fingerprint density at radius 2 is 2.00 bits per heavy atom. The minimum atomic E-state index is -4.70. The van der Waals surface area contributed by atoms with Gasteiger partial charge in [0.05, 0.1) is 18.2 Å². The van der Waals surface area contributed by atoms with Gasteiger partial charge in [0.25, 0.3) is 5.91 Å². The zero-order valence-electron chi connectivity index (χ0n) is 14.2. The second-order valence-electron chi connectivity index (χ2n) is 5.94. The first-order valence-electron chi connectivity index (χ1n) is 7.83. The number of alkyl halides is 3. The van der Waals surface area contributed by atoms with Gasteiger partial charge in [-0.05, 0) is 38.1 Å². The smallest absolute Gasteiger partial charge is 0.433 e. The standard InChI is InChI=1S/C17H12F3N5O2/c1-9-6-10(2)24(23-9)16(26)11-8-21-25-14(17(18,19)20)7-12(22-15(11)25)13-4-3-5-27-13/h3-8H,1-2H3. The lowest BCUT2D eigenvalue weighted by molar-refractivity contribution is -0.142. The van der Waals surface area contributed by atoms with Crippen LogP contribution in [0.2, 0.25) is 0 Å². The predicted octanol–water partition coefficient (Wildman–Crippen LogP) is 3.51. The van der Waals surface area contributed by atoms with E-state index in [0.717, 1.165) is 16.9 Å². The summed E-state index contributed by atoms with van der Waals surface area (Å²) in [4.78, 5) is 17.0. The van der Waals surface area contributed by atoms with Crippen LogP contribution in [0.1, 0.15) is 27.4 Å². The highest BCUT2D eigenvalue weighted by molar-refractivity contribution is 6.01. The molecular formula is C17H12F3N5O2. The summed E-state index contributed by atoms with van der Waals surface area (Å²) in [6.07, 6.45) is -2.32. The molecule has 4 heterocycles. The molecule has 0 radical (unpaired) electrons.